The SMILES string of the molecule is [2H]C#C[C@]1(F)C(O)OC[C@H]1O. The Bertz CT molecular complexity index is 200. The highest BCUT2D eigenvalue weighted by atomic mass is 19.1. The molecule has 1 heterocycles. The van der Waals surface area contributed by atoms with Gasteiger partial charge in [0.2, 0.25) is 12.0 Å². The van der Waals surface area contributed by atoms with Crippen LogP contribution in [0.3, 0.4) is 0 Å². The van der Waals surface area contributed by atoms with E-state index in [1.165, 1.54) is 6.40 Å². The number of terminal acetylenes is 1. The molecule has 1 fully saturated rings. The summed E-state index contributed by atoms with van der Waals surface area (Å²) in [6, 6.07) is 0. The lowest BCUT2D eigenvalue weighted by molar-refractivity contribution is -0.112. The van der Waals surface area contributed by atoms with E-state index < -0.39 is 18.1 Å². The van der Waals surface area contributed by atoms with E-state index in [1.807, 2.05) is 0 Å². The number of aliphatic hydroxyl groups excluding tert-OH is 2. The van der Waals surface area contributed by atoms with Crippen LogP contribution in [0.5, 0.6) is 0 Å². The van der Waals surface area contributed by atoms with Crippen LogP contribution in [0.2, 0.25) is 0 Å². The number of rotatable bonds is 0. The number of halogens is 1. The van der Waals surface area contributed by atoms with Crippen molar-refractivity contribution in [1.82, 2.24) is 0 Å². The lowest BCUT2D eigenvalue weighted by Gasteiger charge is -2.17. The predicted molar refractivity (Wildman–Crippen MR) is 30.6 cm³/mol. The molecule has 1 aliphatic heterocycles. The number of alkyl halides is 1. The second kappa shape index (κ2) is 2.20. The van der Waals surface area contributed by atoms with Crippen molar-refractivity contribution >= 4 is 0 Å². The Morgan fingerprint density at radius 2 is 2.60 bits per heavy atom. The van der Waals surface area contributed by atoms with Gasteiger partial charge in [-0.1, -0.05) is 5.92 Å². The lowest BCUT2D eigenvalue weighted by atomic mass is 10.0. The maximum absolute atomic E-state index is 13.2. The van der Waals surface area contributed by atoms with E-state index in [4.69, 9.17) is 11.6 Å². The van der Waals surface area contributed by atoms with E-state index in [2.05, 4.69) is 4.74 Å². The van der Waals surface area contributed by atoms with Crippen molar-refractivity contribution in [2.24, 2.45) is 0 Å². The molecule has 0 aromatic carbocycles. The van der Waals surface area contributed by atoms with Crippen molar-refractivity contribution in [3.8, 4) is 12.3 Å². The third kappa shape index (κ3) is 0.797. The first kappa shape index (κ1) is 6.10. The molecule has 4 heteroatoms. The average Bonchev–Trinajstić information content (AvgIpc) is 2.19. The molecule has 1 aliphatic rings. The Morgan fingerprint density at radius 1 is 1.90 bits per heavy atom. The van der Waals surface area contributed by atoms with Gasteiger partial charge in [0.15, 0.2) is 0 Å². The third-order valence-corrected chi connectivity index (χ3v) is 1.45. The molecule has 3 atom stereocenters. The normalized spacial score (nSPS) is 47.7. The molecule has 56 valence electrons. The minimum absolute atomic E-state index is 0.299. The quantitative estimate of drug-likeness (QED) is 0.434. The van der Waals surface area contributed by atoms with Crippen LogP contribution in [0.15, 0.2) is 0 Å². The zero-order valence-corrected chi connectivity index (χ0v) is 5.04. The summed E-state index contributed by atoms with van der Waals surface area (Å²) in [4.78, 5) is 0. The Hall–Kier alpha value is -0.630. The summed E-state index contributed by atoms with van der Waals surface area (Å²) in [5, 5.41) is 17.7. The van der Waals surface area contributed by atoms with Gasteiger partial charge in [0.05, 0.1) is 6.61 Å². The van der Waals surface area contributed by atoms with Gasteiger partial charge in [-0.15, -0.1) is 6.40 Å². The van der Waals surface area contributed by atoms with Crippen LogP contribution in [0.25, 0.3) is 0 Å². The van der Waals surface area contributed by atoms with Crippen molar-refractivity contribution < 1.29 is 20.7 Å². The van der Waals surface area contributed by atoms with Crippen LogP contribution in [-0.4, -0.2) is 34.9 Å². The second-order valence-electron chi connectivity index (χ2n) is 2.09. The molecule has 2 N–H and O–H groups in total. The minimum Gasteiger partial charge on any atom is -0.386 e. The maximum Gasteiger partial charge on any atom is 0.248 e. The number of aliphatic hydroxyl groups is 2. The molecule has 0 bridgehead atoms. The van der Waals surface area contributed by atoms with Gasteiger partial charge in [-0.3, -0.25) is 0 Å². The highest BCUT2D eigenvalue weighted by molar-refractivity contribution is 5.16. The molecule has 1 saturated heterocycles. The van der Waals surface area contributed by atoms with E-state index in [0.29, 0.717) is 0 Å². The number of hydrogen-bond donors (Lipinski definition) is 2. The van der Waals surface area contributed by atoms with Crippen LogP contribution in [-0.2, 0) is 4.74 Å². The van der Waals surface area contributed by atoms with Crippen molar-refractivity contribution in [3.05, 3.63) is 0 Å². The highest BCUT2D eigenvalue weighted by Gasteiger charge is 2.50. The van der Waals surface area contributed by atoms with Crippen LogP contribution in [0.1, 0.15) is 1.37 Å². The van der Waals surface area contributed by atoms with Crippen molar-refractivity contribution in [2.75, 3.05) is 6.61 Å². The summed E-state index contributed by atoms with van der Waals surface area (Å²) >= 11 is 0. The van der Waals surface area contributed by atoms with Crippen molar-refractivity contribution in [1.29, 1.82) is 0 Å². The van der Waals surface area contributed by atoms with Gasteiger partial charge in [-0.05, 0) is 0 Å². The van der Waals surface area contributed by atoms with Gasteiger partial charge < -0.3 is 14.9 Å². The molecule has 0 aromatic rings. The maximum atomic E-state index is 13.2. The predicted octanol–water partition coefficient (Wildman–Crippen LogP) is -0.963. The molecule has 0 aromatic heterocycles. The Labute approximate surface area is 58.8 Å². The molecule has 0 saturated carbocycles. The standard InChI is InChI=1S/C6H7FO3/c1-2-6(7)4(8)3-10-5(6)9/h1,4-5,8-9H,3H2/t4-,5?,6-/m1/s1/i1D. The van der Waals surface area contributed by atoms with Crippen LogP contribution >= 0.6 is 0 Å². The summed E-state index contributed by atoms with van der Waals surface area (Å²) < 4.78 is 24.0. The van der Waals surface area contributed by atoms with Gasteiger partial charge in [-0.25, -0.2) is 4.39 Å². The smallest absolute Gasteiger partial charge is 0.248 e. The summed E-state index contributed by atoms with van der Waals surface area (Å²) in [7, 11) is 0. The fraction of sp³-hybridized carbons (Fsp3) is 0.667. The van der Waals surface area contributed by atoms with Gasteiger partial charge in [0, 0.05) is 0 Å². The Kier molecular flexibility index (Phi) is 1.34. The zero-order chi connectivity index (χ0) is 8.48. The number of hydrogen-bond acceptors (Lipinski definition) is 3. The van der Waals surface area contributed by atoms with E-state index in [1.54, 1.807) is 5.92 Å². The lowest BCUT2D eigenvalue weighted by Crippen LogP contribution is -2.40. The fourth-order valence-electron chi connectivity index (χ4n) is 0.734. The first-order chi connectivity index (χ1) is 5.11. The summed E-state index contributed by atoms with van der Waals surface area (Å²) in [6.07, 6.45) is -1.69. The molecule has 0 spiro atoms. The number of ether oxygens (including phenoxy) is 1. The molecule has 1 rings (SSSR count). The topological polar surface area (TPSA) is 49.7 Å². The van der Waals surface area contributed by atoms with Gasteiger partial charge in [0.25, 0.3) is 0 Å². The third-order valence-electron chi connectivity index (χ3n) is 1.45. The van der Waals surface area contributed by atoms with Gasteiger partial charge >= 0.3 is 0 Å². The molecule has 0 radical (unpaired) electrons. The molecule has 10 heavy (non-hydrogen) atoms. The first-order valence-corrected chi connectivity index (χ1v) is 2.72. The van der Waals surface area contributed by atoms with Crippen LogP contribution < -0.4 is 0 Å². The molecule has 1 unspecified atom stereocenters. The Balaban J connectivity index is 2.85. The molecular weight excluding hydrogens is 139 g/mol. The second-order valence-corrected chi connectivity index (χ2v) is 2.09. The Morgan fingerprint density at radius 3 is 3.00 bits per heavy atom. The van der Waals surface area contributed by atoms with E-state index in [-0.39, 0.29) is 6.61 Å². The summed E-state index contributed by atoms with van der Waals surface area (Å²) in [5.41, 5.74) is -2.50. The molecular formula is C6H7FO3. The fourth-order valence-corrected chi connectivity index (χ4v) is 0.734. The average molecular weight is 147 g/mol. The zero-order valence-electron chi connectivity index (χ0n) is 6.04. The van der Waals surface area contributed by atoms with Gasteiger partial charge in [0.1, 0.15) is 7.47 Å². The first-order valence-electron chi connectivity index (χ1n) is 3.22. The van der Waals surface area contributed by atoms with E-state index in [9.17, 15) is 4.39 Å². The molecule has 0 aliphatic carbocycles. The van der Waals surface area contributed by atoms with Crippen molar-refractivity contribution in [3.63, 3.8) is 0 Å². The van der Waals surface area contributed by atoms with Crippen LogP contribution in [0, 0.1) is 12.3 Å². The monoisotopic (exact) mass is 147 g/mol. The minimum atomic E-state index is -2.50. The summed E-state index contributed by atoms with van der Waals surface area (Å²) in [5.74, 6) is 1.75. The van der Waals surface area contributed by atoms with Crippen molar-refractivity contribution in [2.45, 2.75) is 18.1 Å². The van der Waals surface area contributed by atoms with Gasteiger partial charge in [-0.2, -0.15) is 0 Å². The van der Waals surface area contributed by atoms with E-state index >= 15 is 0 Å². The largest absolute Gasteiger partial charge is 0.386 e. The highest BCUT2D eigenvalue weighted by Crippen LogP contribution is 2.27. The molecule has 3 nitrogen and oxygen atoms in total. The van der Waals surface area contributed by atoms with Crippen LogP contribution in [0.4, 0.5) is 4.39 Å². The van der Waals surface area contributed by atoms with E-state index in [0.717, 1.165) is 0 Å². The summed E-state index contributed by atoms with van der Waals surface area (Å²) in [6.45, 7) is -0.299. The molecule has 0 amide bonds.